The smallest absolute Gasteiger partial charge is 0.320 e. The summed E-state index contributed by atoms with van der Waals surface area (Å²) in [5, 5.41) is 24.7. The van der Waals surface area contributed by atoms with Gasteiger partial charge in [-0.15, -0.1) is 0 Å². The Hall–Kier alpha value is -4.71. The first kappa shape index (κ1) is 35.7. The molecule has 4 N–H and O–H groups in total. The van der Waals surface area contributed by atoms with Gasteiger partial charge in [-0.25, -0.2) is 0 Å². The minimum atomic E-state index is -0.851. The average Bonchev–Trinajstić information content (AvgIpc) is 3.15. The van der Waals surface area contributed by atoms with Crippen LogP contribution < -0.4 is 15.6 Å². The van der Waals surface area contributed by atoms with E-state index in [1.165, 1.54) is 12.1 Å². The molecule has 8 rings (SSSR count). The molecular formula is C41H48N4O7. The molecule has 0 unspecified atom stereocenters. The van der Waals surface area contributed by atoms with Gasteiger partial charge in [0.05, 0.1) is 18.2 Å². The maximum absolute atomic E-state index is 13.8. The summed E-state index contributed by atoms with van der Waals surface area (Å²) >= 11 is 0. The van der Waals surface area contributed by atoms with Crippen LogP contribution in [0.1, 0.15) is 66.1 Å². The molecule has 0 aliphatic carbocycles. The molecule has 11 heteroatoms. The van der Waals surface area contributed by atoms with Crippen LogP contribution in [0, 0.1) is 5.92 Å². The summed E-state index contributed by atoms with van der Waals surface area (Å²) in [5.74, 6) is 0.774. The zero-order chi connectivity index (χ0) is 36.1. The standard InChI is InChI=1S/C41H48N4O7/c46-34-16-14-32(33-15-17-37(48)43-38(33)34)35(47)24-42-20-6-1-2-7-23-51-31-12-10-29(11-13-31)39(49)45-26-41(27-45,30-8-4-3-5-9-30)40(50)52-36-25-44-21-18-28(36)19-22-44/h3-5,8-17,28,35-36,42,46-47H,1-2,6-7,18-27H2,(H,43,48)/t35-,36-/m0/s1. The van der Waals surface area contributed by atoms with E-state index in [0.717, 1.165) is 70.3 Å². The van der Waals surface area contributed by atoms with E-state index in [4.69, 9.17) is 9.47 Å². The third-order valence-electron chi connectivity index (χ3n) is 11.0. The second-order valence-corrected chi connectivity index (χ2v) is 14.5. The monoisotopic (exact) mass is 708 g/mol. The number of aromatic hydroxyl groups is 1. The number of carbonyl (C=O) groups excluding carboxylic acids is 2. The molecule has 4 aliphatic heterocycles. The van der Waals surface area contributed by atoms with Crippen LogP contribution in [-0.2, 0) is 14.9 Å². The molecule has 3 aromatic carbocycles. The van der Waals surface area contributed by atoms with Gasteiger partial charge < -0.3 is 34.9 Å². The maximum atomic E-state index is 13.8. The maximum Gasteiger partial charge on any atom is 0.320 e. The highest BCUT2D eigenvalue weighted by Crippen LogP contribution is 2.39. The van der Waals surface area contributed by atoms with Crippen LogP contribution in [0.3, 0.4) is 0 Å². The van der Waals surface area contributed by atoms with E-state index >= 15 is 0 Å². The minimum Gasteiger partial charge on any atom is -0.506 e. The van der Waals surface area contributed by atoms with Gasteiger partial charge in [0.1, 0.15) is 23.0 Å². The van der Waals surface area contributed by atoms with Crippen LogP contribution >= 0.6 is 0 Å². The number of hydrogen-bond donors (Lipinski definition) is 4. The number of unbranched alkanes of at least 4 members (excludes halogenated alkanes) is 3. The lowest BCUT2D eigenvalue weighted by molar-refractivity contribution is -0.171. The summed E-state index contributed by atoms with van der Waals surface area (Å²) < 4.78 is 12.1. The van der Waals surface area contributed by atoms with Crippen LogP contribution in [0.2, 0.25) is 0 Å². The van der Waals surface area contributed by atoms with Gasteiger partial charge in [0, 0.05) is 43.2 Å². The predicted molar refractivity (Wildman–Crippen MR) is 198 cm³/mol. The highest BCUT2D eigenvalue weighted by atomic mass is 16.5. The number of amides is 1. The number of ether oxygens (including phenoxy) is 2. The van der Waals surface area contributed by atoms with E-state index in [0.29, 0.717) is 59.9 Å². The molecule has 4 aliphatic rings. The SMILES string of the molecule is O=C(c1ccc(OCCCCCCNC[C@H](O)c2ccc(O)c3[nH]c(=O)ccc23)cc1)N1CC(C(=O)O[C@H]2CN3CCC2CC3)(c2ccccc2)C1. The fourth-order valence-electron chi connectivity index (χ4n) is 7.90. The van der Waals surface area contributed by atoms with Gasteiger partial charge in [-0.1, -0.05) is 49.2 Å². The van der Waals surface area contributed by atoms with Crippen molar-refractivity contribution in [3.63, 3.8) is 0 Å². The largest absolute Gasteiger partial charge is 0.506 e. The van der Waals surface area contributed by atoms with Crippen LogP contribution in [-0.4, -0.2) is 95.4 Å². The molecule has 2 atom stereocenters. The molecule has 2 bridgehead atoms. The Morgan fingerprint density at radius 2 is 1.67 bits per heavy atom. The number of benzene rings is 3. The molecule has 1 amide bonds. The van der Waals surface area contributed by atoms with E-state index in [1.807, 2.05) is 42.5 Å². The van der Waals surface area contributed by atoms with Crippen LogP contribution in [0.5, 0.6) is 11.5 Å². The fourth-order valence-corrected chi connectivity index (χ4v) is 7.90. The number of hydrogen-bond acceptors (Lipinski definition) is 9. The number of H-pyrrole nitrogens is 1. The molecule has 52 heavy (non-hydrogen) atoms. The molecule has 4 aromatic rings. The van der Waals surface area contributed by atoms with E-state index in [9.17, 15) is 24.6 Å². The lowest BCUT2D eigenvalue weighted by Crippen LogP contribution is -2.66. The van der Waals surface area contributed by atoms with Gasteiger partial charge in [-0.3, -0.25) is 19.3 Å². The first-order valence-electron chi connectivity index (χ1n) is 18.6. The second kappa shape index (κ2) is 15.9. The number of aliphatic hydroxyl groups is 1. The Bertz CT molecular complexity index is 1900. The van der Waals surface area contributed by atoms with Gasteiger partial charge >= 0.3 is 5.97 Å². The van der Waals surface area contributed by atoms with Crippen molar-refractivity contribution in [1.82, 2.24) is 20.1 Å². The molecule has 274 valence electrons. The van der Waals surface area contributed by atoms with Gasteiger partial charge in [-0.2, -0.15) is 0 Å². The number of phenols is 1. The highest BCUT2D eigenvalue weighted by Gasteiger charge is 2.54. The number of aliphatic hydroxyl groups excluding tert-OH is 1. The minimum absolute atomic E-state index is 0.0270. The number of piperidine rings is 3. The quantitative estimate of drug-likeness (QED) is 0.104. The predicted octanol–water partition coefficient (Wildman–Crippen LogP) is 4.53. The van der Waals surface area contributed by atoms with Crippen LogP contribution in [0.15, 0.2) is 83.7 Å². The van der Waals surface area contributed by atoms with E-state index < -0.39 is 11.5 Å². The molecule has 1 aromatic heterocycles. The van der Waals surface area contributed by atoms with Crippen LogP contribution in [0.25, 0.3) is 10.9 Å². The van der Waals surface area contributed by atoms with Gasteiger partial charge in [-0.05, 0) is 98.8 Å². The number of carbonyl (C=O) groups is 2. The summed E-state index contributed by atoms with van der Waals surface area (Å²) in [4.78, 5) is 45.6. The molecule has 0 spiro atoms. The average molecular weight is 709 g/mol. The van der Waals surface area contributed by atoms with E-state index in [-0.39, 0.29) is 29.3 Å². The number of likely N-dealkylation sites (tertiary alicyclic amines) is 1. The van der Waals surface area contributed by atoms with Crippen molar-refractivity contribution in [2.45, 2.75) is 56.1 Å². The third kappa shape index (κ3) is 7.72. The summed E-state index contributed by atoms with van der Waals surface area (Å²) in [7, 11) is 0. The number of rotatable bonds is 15. The lowest BCUT2D eigenvalue weighted by Gasteiger charge is -2.50. The lowest BCUT2D eigenvalue weighted by atomic mass is 9.73. The zero-order valence-electron chi connectivity index (χ0n) is 29.5. The van der Waals surface area contributed by atoms with Gasteiger partial charge in [0.25, 0.3) is 5.91 Å². The Morgan fingerprint density at radius 1 is 0.923 bits per heavy atom. The Balaban J connectivity index is 0.813. The van der Waals surface area contributed by atoms with E-state index in [1.54, 1.807) is 29.2 Å². The number of nitrogens with one attached hydrogen (secondary N) is 2. The molecule has 4 saturated heterocycles. The first-order valence-corrected chi connectivity index (χ1v) is 18.6. The summed E-state index contributed by atoms with van der Waals surface area (Å²) in [6.45, 7) is 5.24. The van der Waals surface area contributed by atoms with Gasteiger partial charge in [0.15, 0.2) is 0 Å². The summed E-state index contributed by atoms with van der Waals surface area (Å²) in [5.41, 5.74) is 1.27. The van der Waals surface area contributed by atoms with Crippen molar-refractivity contribution in [3.05, 3.63) is 106 Å². The molecule has 11 nitrogen and oxygen atoms in total. The number of nitrogens with zero attached hydrogens (tertiary/aromatic N) is 2. The van der Waals surface area contributed by atoms with Crippen molar-refractivity contribution in [3.8, 4) is 11.5 Å². The Morgan fingerprint density at radius 3 is 2.40 bits per heavy atom. The van der Waals surface area contributed by atoms with Gasteiger partial charge in [0.2, 0.25) is 5.56 Å². The molecule has 5 heterocycles. The highest BCUT2D eigenvalue weighted by molar-refractivity contribution is 5.98. The number of aromatic amines is 1. The number of phenolic OH excluding ortho intramolecular Hbond substituents is 1. The number of esters is 1. The van der Waals surface area contributed by atoms with Crippen molar-refractivity contribution >= 4 is 22.8 Å². The normalized spacial score (nSPS) is 21.0. The second-order valence-electron chi connectivity index (χ2n) is 14.5. The molecular weight excluding hydrogens is 660 g/mol. The Labute approximate surface area is 303 Å². The summed E-state index contributed by atoms with van der Waals surface area (Å²) in [6.07, 6.45) is 5.14. The first-order chi connectivity index (χ1) is 25.3. The molecule has 0 saturated carbocycles. The number of pyridine rings is 1. The number of fused-ring (bicyclic) bond motifs is 4. The van der Waals surface area contributed by atoms with Crippen molar-refractivity contribution < 1.29 is 29.3 Å². The zero-order valence-corrected chi connectivity index (χ0v) is 29.5. The van der Waals surface area contributed by atoms with Crippen molar-refractivity contribution in [1.29, 1.82) is 0 Å². The molecule has 4 fully saturated rings. The van der Waals surface area contributed by atoms with E-state index in [2.05, 4.69) is 15.2 Å². The van der Waals surface area contributed by atoms with Crippen molar-refractivity contribution in [2.75, 3.05) is 52.4 Å². The topological polar surface area (TPSA) is 144 Å². The van der Waals surface area contributed by atoms with Crippen molar-refractivity contribution in [2.24, 2.45) is 5.92 Å². The Kier molecular flexibility index (Phi) is 10.9. The molecule has 0 radical (unpaired) electrons. The fraction of sp³-hybridized carbons (Fsp3) is 0.439. The number of aromatic nitrogens is 1. The summed E-state index contributed by atoms with van der Waals surface area (Å²) in [6, 6.07) is 23.1. The van der Waals surface area contributed by atoms with Crippen LogP contribution in [0.4, 0.5) is 0 Å². The third-order valence-corrected chi connectivity index (χ3v) is 11.0.